The molecule has 25 heavy (non-hydrogen) atoms. The van der Waals surface area contributed by atoms with E-state index in [9.17, 15) is 9.18 Å². The second kappa shape index (κ2) is 6.98. The van der Waals surface area contributed by atoms with E-state index in [4.69, 9.17) is 11.6 Å². The van der Waals surface area contributed by atoms with E-state index in [0.29, 0.717) is 11.6 Å². The van der Waals surface area contributed by atoms with Crippen LogP contribution in [0.4, 0.5) is 10.1 Å². The van der Waals surface area contributed by atoms with Gasteiger partial charge in [-0.3, -0.25) is 4.79 Å². The molecule has 0 fully saturated rings. The largest absolute Gasteiger partial charge is 0.323 e. The quantitative estimate of drug-likeness (QED) is 0.776. The first kappa shape index (κ1) is 17.0. The lowest BCUT2D eigenvalue weighted by molar-refractivity contribution is -0.115. The topological polar surface area (TPSA) is 72.7 Å². The standard InChI is InChI=1S/C17H15ClFN5O/c1-10-6-11(2)24(23-10)17-20-8-12(9-21-17)22-16(25)7-13-14(18)4-3-5-15(13)19/h3-6,8-9H,7H2,1-2H3,(H,22,25). The number of amides is 1. The average Bonchev–Trinajstić information content (AvgIpc) is 2.90. The highest BCUT2D eigenvalue weighted by Gasteiger charge is 2.13. The third-order valence-corrected chi connectivity index (χ3v) is 3.87. The SMILES string of the molecule is Cc1cc(C)n(-c2ncc(NC(=O)Cc3c(F)cccc3Cl)cn2)n1. The molecule has 1 N–H and O–H groups in total. The highest BCUT2D eigenvalue weighted by atomic mass is 35.5. The van der Waals surface area contributed by atoms with Crippen molar-refractivity contribution in [1.29, 1.82) is 0 Å². The summed E-state index contributed by atoms with van der Waals surface area (Å²) in [5.74, 6) is -0.519. The lowest BCUT2D eigenvalue weighted by Gasteiger charge is -2.08. The van der Waals surface area contributed by atoms with Crippen LogP contribution in [0.5, 0.6) is 0 Å². The summed E-state index contributed by atoms with van der Waals surface area (Å²) in [6.07, 6.45) is 2.77. The van der Waals surface area contributed by atoms with Crippen molar-refractivity contribution in [3.05, 3.63) is 64.5 Å². The van der Waals surface area contributed by atoms with E-state index in [1.807, 2.05) is 19.9 Å². The average molecular weight is 360 g/mol. The van der Waals surface area contributed by atoms with E-state index in [0.717, 1.165) is 11.4 Å². The number of benzene rings is 1. The Kier molecular flexibility index (Phi) is 4.76. The van der Waals surface area contributed by atoms with Gasteiger partial charge in [-0.15, -0.1) is 0 Å². The minimum Gasteiger partial charge on any atom is -0.323 e. The lowest BCUT2D eigenvalue weighted by Crippen LogP contribution is -2.16. The Bertz CT molecular complexity index is 903. The predicted molar refractivity (Wildman–Crippen MR) is 92.4 cm³/mol. The Morgan fingerprint density at radius 1 is 1.28 bits per heavy atom. The van der Waals surface area contributed by atoms with Crippen molar-refractivity contribution < 1.29 is 9.18 Å². The van der Waals surface area contributed by atoms with Crippen LogP contribution in [-0.2, 0) is 11.2 Å². The van der Waals surface area contributed by atoms with Gasteiger partial charge in [0, 0.05) is 16.3 Å². The lowest BCUT2D eigenvalue weighted by atomic mass is 10.1. The summed E-state index contributed by atoms with van der Waals surface area (Å²) in [5.41, 5.74) is 2.33. The zero-order chi connectivity index (χ0) is 18.0. The molecule has 0 aliphatic rings. The molecule has 0 atom stereocenters. The first-order chi connectivity index (χ1) is 11.9. The van der Waals surface area contributed by atoms with Crippen molar-refractivity contribution >= 4 is 23.2 Å². The van der Waals surface area contributed by atoms with Gasteiger partial charge in [-0.25, -0.2) is 19.0 Å². The first-order valence-electron chi connectivity index (χ1n) is 7.52. The van der Waals surface area contributed by atoms with E-state index in [2.05, 4.69) is 20.4 Å². The van der Waals surface area contributed by atoms with Gasteiger partial charge in [0.2, 0.25) is 5.91 Å². The van der Waals surface area contributed by atoms with Crippen molar-refractivity contribution in [2.45, 2.75) is 20.3 Å². The van der Waals surface area contributed by atoms with E-state index in [1.165, 1.54) is 24.5 Å². The first-order valence-corrected chi connectivity index (χ1v) is 7.90. The molecule has 1 amide bonds. The number of carbonyl (C=O) groups excluding carboxylic acids is 1. The maximum absolute atomic E-state index is 13.7. The number of hydrogen-bond donors (Lipinski definition) is 1. The number of anilines is 1. The van der Waals surface area contributed by atoms with Crippen molar-refractivity contribution in [3.8, 4) is 5.95 Å². The molecule has 0 unspecified atom stereocenters. The van der Waals surface area contributed by atoms with Crippen molar-refractivity contribution in [1.82, 2.24) is 19.7 Å². The van der Waals surface area contributed by atoms with Crippen LogP contribution in [-0.4, -0.2) is 25.7 Å². The van der Waals surface area contributed by atoms with Crippen LogP contribution in [0, 0.1) is 19.7 Å². The van der Waals surface area contributed by atoms with E-state index < -0.39 is 11.7 Å². The van der Waals surface area contributed by atoms with E-state index in [1.54, 1.807) is 10.7 Å². The minimum atomic E-state index is -0.515. The molecule has 2 heterocycles. The minimum absolute atomic E-state index is 0.154. The van der Waals surface area contributed by atoms with Gasteiger partial charge in [0.05, 0.1) is 30.2 Å². The second-order valence-corrected chi connectivity index (χ2v) is 5.94. The summed E-state index contributed by atoms with van der Waals surface area (Å²) in [6.45, 7) is 3.78. The molecule has 0 saturated carbocycles. The molecule has 0 radical (unpaired) electrons. The van der Waals surface area contributed by atoms with Gasteiger partial charge in [-0.2, -0.15) is 5.10 Å². The van der Waals surface area contributed by atoms with Gasteiger partial charge in [-0.05, 0) is 32.0 Å². The Morgan fingerprint density at radius 2 is 2.00 bits per heavy atom. The zero-order valence-electron chi connectivity index (χ0n) is 13.6. The smallest absolute Gasteiger partial charge is 0.250 e. The van der Waals surface area contributed by atoms with Gasteiger partial charge >= 0.3 is 0 Å². The summed E-state index contributed by atoms with van der Waals surface area (Å²) in [5, 5.41) is 7.13. The van der Waals surface area contributed by atoms with Crippen LogP contribution < -0.4 is 5.32 Å². The number of hydrogen-bond acceptors (Lipinski definition) is 4. The van der Waals surface area contributed by atoms with Gasteiger partial charge in [-0.1, -0.05) is 17.7 Å². The van der Waals surface area contributed by atoms with Crippen LogP contribution in [0.1, 0.15) is 17.0 Å². The molecule has 128 valence electrons. The molecule has 1 aromatic carbocycles. The predicted octanol–water partition coefficient (Wildman–Crippen LogP) is 3.25. The van der Waals surface area contributed by atoms with Crippen molar-refractivity contribution in [2.75, 3.05) is 5.32 Å². The fourth-order valence-electron chi connectivity index (χ4n) is 2.39. The number of aryl methyl sites for hydroxylation is 2. The maximum atomic E-state index is 13.7. The van der Waals surface area contributed by atoms with Crippen molar-refractivity contribution in [2.24, 2.45) is 0 Å². The molecule has 8 heteroatoms. The molecule has 6 nitrogen and oxygen atoms in total. The van der Waals surface area contributed by atoms with Gasteiger partial charge in [0.25, 0.3) is 5.95 Å². The van der Waals surface area contributed by atoms with Crippen molar-refractivity contribution in [3.63, 3.8) is 0 Å². The number of halogens is 2. The van der Waals surface area contributed by atoms with E-state index >= 15 is 0 Å². The van der Waals surface area contributed by atoms with Crippen LogP contribution in [0.2, 0.25) is 5.02 Å². The molecule has 0 spiro atoms. The third-order valence-electron chi connectivity index (χ3n) is 3.52. The molecule has 0 saturated heterocycles. The maximum Gasteiger partial charge on any atom is 0.250 e. The Hall–Kier alpha value is -2.80. The molecule has 3 rings (SSSR count). The van der Waals surface area contributed by atoms with Gasteiger partial charge < -0.3 is 5.32 Å². The molecular formula is C17H15ClFN5O. The number of aromatic nitrogens is 4. The number of nitrogens with zero attached hydrogens (tertiary/aromatic N) is 4. The summed E-state index contributed by atoms with van der Waals surface area (Å²) in [6, 6.07) is 6.21. The summed E-state index contributed by atoms with van der Waals surface area (Å²) < 4.78 is 15.3. The van der Waals surface area contributed by atoms with E-state index in [-0.39, 0.29) is 17.0 Å². The third kappa shape index (κ3) is 3.83. The zero-order valence-corrected chi connectivity index (χ0v) is 14.4. The highest BCUT2D eigenvalue weighted by molar-refractivity contribution is 6.31. The number of nitrogens with one attached hydrogen (secondary N) is 1. The Morgan fingerprint density at radius 3 is 2.60 bits per heavy atom. The Balaban J connectivity index is 1.71. The molecule has 0 aliphatic carbocycles. The second-order valence-electron chi connectivity index (χ2n) is 5.54. The molecule has 3 aromatic rings. The molecule has 0 bridgehead atoms. The molecular weight excluding hydrogens is 345 g/mol. The van der Waals surface area contributed by atoms with Crippen LogP contribution in [0.25, 0.3) is 5.95 Å². The van der Waals surface area contributed by atoms with Crippen LogP contribution in [0.15, 0.2) is 36.7 Å². The summed E-state index contributed by atoms with van der Waals surface area (Å²) in [4.78, 5) is 20.5. The normalized spacial score (nSPS) is 10.7. The van der Waals surface area contributed by atoms with Gasteiger partial charge in [0.15, 0.2) is 0 Å². The van der Waals surface area contributed by atoms with Gasteiger partial charge in [0.1, 0.15) is 5.82 Å². The van der Waals surface area contributed by atoms with Crippen LogP contribution >= 0.6 is 11.6 Å². The number of carbonyl (C=O) groups is 1. The fourth-order valence-corrected chi connectivity index (χ4v) is 2.62. The Labute approximate surface area is 148 Å². The van der Waals surface area contributed by atoms with Crippen LogP contribution in [0.3, 0.4) is 0 Å². The highest BCUT2D eigenvalue weighted by Crippen LogP contribution is 2.20. The molecule has 0 aliphatic heterocycles. The summed E-state index contributed by atoms with van der Waals surface area (Å²) >= 11 is 5.93. The fraction of sp³-hybridized carbons (Fsp3) is 0.176. The monoisotopic (exact) mass is 359 g/mol. The molecule has 2 aromatic heterocycles. The summed E-state index contributed by atoms with van der Waals surface area (Å²) in [7, 11) is 0. The number of rotatable bonds is 4.